The molecule has 1 aromatic rings. The summed E-state index contributed by atoms with van der Waals surface area (Å²) in [6.45, 7) is 12.1. The number of nitrogens with two attached hydrogens (primary N) is 1. The fourth-order valence-electron chi connectivity index (χ4n) is 2.59. The van der Waals surface area contributed by atoms with Crippen molar-refractivity contribution in [2.45, 2.75) is 58.5 Å². The highest BCUT2D eigenvalue weighted by molar-refractivity contribution is 7.09. The predicted molar refractivity (Wildman–Crippen MR) is 82.5 cm³/mol. The molecule has 2 heterocycles. The van der Waals surface area contributed by atoms with E-state index in [1.165, 1.54) is 23.5 Å². The van der Waals surface area contributed by atoms with Gasteiger partial charge in [-0.2, -0.15) is 0 Å². The van der Waals surface area contributed by atoms with E-state index in [-0.39, 0.29) is 5.41 Å². The smallest absolute Gasteiger partial charge is 0.0982 e. The molecule has 1 aliphatic heterocycles. The molecule has 1 unspecified atom stereocenters. The summed E-state index contributed by atoms with van der Waals surface area (Å²) in [5.74, 6) is 0.705. The van der Waals surface area contributed by atoms with Gasteiger partial charge in [0, 0.05) is 23.4 Å². The van der Waals surface area contributed by atoms with Gasteiger partial charge < -0.3 is 5.73 Å². The Balaban J connectivity index is 1.87. The molecule has 1 aliphatic rings. The molecule has 0 aliphatic carbocycles. The molecule has 2 rings (SSSR count). The second-order valence-corrected chi connectivity index (χ2v) is 7.72. The standard InChI is InChI=1S/C15H27N3S/c1-11(16)12-5-7-18(8-6-12)9-13-10-19-14(17-13)15(2,3)4/h10-12H,5-9,16H2,1-4H3. The first-order valence-corrected chi connectivity index (χ1v) is 8.17. The summed E-state index contributed by atoms with van der Waals surface area (Å²) in [5, 5.41) is 3.46. The second-order valence-electron chi connectivity index (χ2n) is 6.87. The van der Waals surface area contributed by atoms with Gasteiger partial charge in [0.05, 0.1) is 10.7 Å². The van der Waals surface area contributed by atoms with Gasteiger partial charge in [-0.25, -0.2) is 4.98 Å². The molecule has 2 N–H and O–H groups in total. The van der Waals surface area contributed by atoms with E-state index in [2.05, 4.69) is 38.0 Å². The monoisotopic (exact) mass is 281 g/mol. The molecular weight excluding hydrogens is 254 g/mol. The van der Waals surface area contributed by atoms with Gasteiger partial charge in [-0.15, -0.1) is 11.3 Å². The molecule has 0 aromatic carbocycles. The first kappa shape index (κ1) is 14.9. The van der Waals surface area contributed by atoms with Gasteiger partial charge in [-0.3, -0.25) is 4.90 Å². The molecule has 4 heteroatoms. The summed E-state index contributed by atoms with van der Waals surface area (Å²) >= 11 is 1.79. The van der Waals surface area contributed by atoms with Crippen molar-refractivity contribution in [1.82, 2.24) is 9.88 Å². The van der Waals surface area contributed by atoms with Crippen LogP contribution in [0.15, 0.2) is 5.38 Å². The maximum atomic E-state index is 5.99. The van der Waals surface area contributed by atoms with E-state index >= 15 is 0 Å². The van der Waals surface area contributed by atoms with E-state index in [1.807, 2.05) is 0 Å². The molecule has 0 bridgehead atoms. The number of rotatable bonds is 3. The van der Waals surface area contributed by atoms with Crippen LogP contribution in [-0.4, -0.2) is 29.0 Å². The zero-order valence-corrected chi connectivity index (χ0v) is 13.5. The molecule has 3 nitrogen and oxygen atoms in total. The van der Waals surface area contributed by atoms with Gasteiger partial charge in [-0.1, -0.05) is 20.8 Å². The van der Waals surface area contributed by atoms with Crippen molar-refractivity contribution in [3.63, 3.8) is 0 Å². The largest absolute Gasteiger partial charge is 0.328 e. The van der Waals surface area contributed by atoms with Crippen molar-refractivity contribution < 1.29 is 0 Å². The van der Waals surface area contributed by atoms with Crippen molar-refractivity contribution in [3.8, 4) is 0 Å². The van der Waals surface area contributed by atoms with Gasteiger partial charge in [0.15, 0.2) is 0 Å². The van der Waals surface area contributed by atoms with E-state index in [9.17, 15) is 0 Å². The highest BCUT2D eigenvalue weighted by atomic mass is 32.1. The lowest BCUT2D eigenvalue weighted by Crippen LogP contribution is -2.39. The molecule has 0 saturated carbocycles. The molecule has 1 saturated heterocycles. The van der Waals surface area contributed by atoms with E-state index in [1.54, 1.807) is 11.3 Å². The number of aromatic nitrogens is 1. The number of hydrogen-bond donors (Lipinski definition) is 1. The Hall–Kier alpha value is -0.450. The van der Waals surface area contributed by atoms with E-state index in [0.717, 1.165) is 19.6 Å². The number of piperidine rings is 1. The Morgan fingerprint density at radius 1 is 1.42 bits per heavy atom. The topological polar surface area (TPSA) is 42.1 Å². The highest BCUT2D eigenvalue weighted by Gasteiger charge is 2.23. The summed E-state index contributed by atoms with van der Waals surface area (Å²) in [4.78, 5) is 7.30. The maximum Gasteiger partial charge on any atom is 0.0982 e. The van der Waals surface area contributed by atoms with Gasteiger partial charge in [-0.05, 0) is 38.8 Å². The van der Waals surface area contributed by atoms with Crippen LogP contribution in [0.1, 0.15) is 51.2 Å². The minimum absolute atomic E-state index is 0.172. The van der Waals surface area contributed by atoms with E-state index in [4.69, 9.17) is 10.7 Å². The number of hydrogen-bond acceptors (Lipinski definition) is 4. The fraction of sp³-hybridized carbons (Fsp3) is 0.800. The summed E-state index contributed by atoms with van der Waals surface area (Å²) in [5.41, 5.74) is 7.39. The quantitative estimate of drug-likeness (QED) is 0.926. The van der Waals surface area contributed by atoms with Gasteiger partial charge in [0.25, 0.3) is 0 Å². The van der Waals surface area contributed by atoms with Gasteiger partial charge >= 0.3 is 0 Å². The molecule has 108 valence electrons. The highest BCUT2D eigenvalue weighted by Crippen LogP contribution is 2.27. The van der Waals surface area contributed by atoms with Crippen LogP contribution in [0.5, 0.6) is 0 Å². The summed E-state index contributed by atoms with van der Waals surface area (Å²) in [6, 6.07) is 0.342. The minimum atomic E-state index is 0.172. The fourth-order valence-corrected chi connectivity index (χ4v) is 3.49. The first-order chi connectivity index (χ1) is 8.86. The van der Waals surface area contributed by atoms with E-state index in [0.29, 0.717) is 12.0 Å². The van der Waals surface area contributed by atoms with Crippen molar-refractivity contribution in [2.75, 3.05) is 13.1 Å². The lowest BCUT2D eigenvalue weighted by atomic mass is 9.91. The van der Waals surface area contributed by atoms with Crippen molar-refractivity contribution in [2.24, 2.45) is 11.7 Å². The van der Waals surface area contributed by atoms with Crippen LogP contribution in [0, 0.1) is 5.92 Å². The zero-order valence-electron chi connectivity index (χ0n) is 12.6. The molecule has 19 heavy (non-hydrogen) atoms. The van der Waals surface area contributed by atoms with Crippen LogP contribution in [0.4, 0.5) is 0 Å². The minimum Gasteiger partial charge on any atom is -0.328 e. The van der Waals surface area contributed by atoms with Crippen molar-refractivity contribution >= 4 is 11.3 Å². The van der Waals surface area contributed by atoms with Crippen LogP contribution in [0.2, 0.25) is 0 Å². The predicted octanol–water partition coefficient (Wildman–Crippen LogP) is 3.00. The Bertz CT molecular complexity index is 398. The molecule has 0 spiro atoms. The molecule has 0 radical (unpaired) electrons. The Kier molecular flexibility index (Phi) is 4.64. The van der Waals surface area contributed by atoms with Gasteiger partial charge in [0.2, 0.25) is 0 Å². The Morgan fingerprint density at radius 2 is 2.05 bits per heavy atom. The Morgan fingerprint density at radius 3 is 2.53 bits per heavy atom. The average Bonchev–Trinajstić information content (AvgIpc) is 2.78. The number of likely N-dealkylation sites (tertiary alicyclic amines) is 1. The van der Waals surface area contributed by atoms with Gasteiger partial charge in [0.1, 0.15) is 0 Å². The van der Waals surface area contributed by atoms with Crippen LogP contribution < -0.4 is 5.73 Å². The molecule has 1 fully saturated rings. The first-order valence-electron chi connectivity index (χ1n) is 7.29. The SMILES string of the molecule is CC(N)C1CCN(Cc2csc(C(C)(C)C)n2)CC1. The summed E-state index contributed by atoms with van der Waals surface area (Å²) < 4.78 is 0. The van der Waals surface area contributed by atoms with E-state index < -0.39 is 0 Å². The van der Waals surface area contributed by atoms with Crippen LogP contribution >= 0.6 is 11.3 Å². The third-order valence-electron chi connectivity index (χ3n) is 3.95. The summed E-state index contributed by atoms with van der Waals surface area (Å²) in [6.07, 6.45) is 2.46. The average molecular weight is 281 g/mol. The zero-order chi connectivity index (χ0) is 14.0. The lowest BCUT2D eigenvalue weighted by Gasteiger charge is -2.33. The maximum absolute atomic E-state index is 5.99. The van der Waals surface area contributed by atoms with Crippen molar-refractivity contribution in [1.29, 1.82) is 0 Å². The second kappa shape index (κ2) is 5.90. The third-order valence-corrected chi connectivity index (χ3v) is 5.27. The van der Waals surface area contributed by atoms with Crippen molar-refractivity contribution in [3.05, 3.63) is 16.1 Å². The normalized spacial score (nSPS) is 20.7. The molecular formula is C15H27N3S. The summed E-state index contributed by atoms with van der Waals surface area (Å²) in [7, 11) is 0. The molecule has 1 atom stereocenters. The lowest BCUT2D eigenvalue weighted by molar-refractivity contribution is 0.164. The molecule has 0 amide bonds. The Labute approximate surface area is 121 Å². The van der Waals surface area contributed by atoms with Crippen LogP contribution in [0.25, 0.3) is 0 Å². The molecule has 1 aromatic heterocycles. The number of nitrogens with zero attached hydrogens (tertiary/aromatic N) is 2. The van der Waals surface area contributed by atoms with Crippen LogP contribution in [-0.2, 0) is 12.0 Å². The number of thiazole rings is 1. The van der Waals surface area contributed by atoms with Crippen LogP contribution in [0.3, 0.4) is 0 Å². The third kappa shape index (κ3) is 4.01.